The Kier molecular flexibility index (Phi) is 5.43. The number of ether oxygens (including phenoxy) is 1. The molecule has 0 aliphatic carbocycles. The average molecular weight is 302 g/mol. The van der Waals surface area contributed by atoms with Crippen molar-refractivity contribution in [2.75, 3.05) is 7.11 Å². The predicted molar refractivity (Wildman–Crippen MR) is 73.4 cm³/mol. The van der Waals surface area contributed by atoms with Crippen molar-refractivity contribution in [3.05, 3.63) is 28.2 Å². The first-order valence-electron chi connectivity index (χ1n) is 5.73. The lowest BCUT2D eigenvalue weighted by Crippen LogP contribution is -2.37. The molecule has 0 aliphatic heterocycles. The molecule has 0 fully saturated rings. The van der Waals surface area contributed by atoms with Crippen LogP contribution in [0.4, 0.5) is 0 Å². The Bertz CT molecular complexity index is 368. The molecule has 0 saturated carbocycles. The lowest BCUT2D eigenvalue weighted by molar-refractivity contribution is 0.128. The fourth-order valence-electron chi connectivity index (χ4n) is 1.82. The summed E-state index contributed by atoms with van der Waals surface area (Å²) in [5.74, 6) is 0.707. The topological polar surface area (TPSA) is 41.5 Å². The molecule has 4 heteroatoms. The molecule has 96 valence electrons. The van der Waals surface area contributed by atoms with Gasteiger partial charge in [-0.25, -0.2) is 0 Å². The SMILES string of the molecule is COc1ccc(Br)cc1C(O)C(C)NC(C)C. The van der Waals surface area contributed by atoms with E-state index in [1.165, 1.54) is 0 Å². The maximum absolute atomic E-state index is 10.3. The van der Waals surface area contributed by atoms with Gasteiger partial charge in [0.05, 0.1) is 13.2 Å². The lowest BCUT2D eigenvalue weighted by Gasteiger charge is -2.24. The Balaban J connectivity index is 2.93. The number of benzene rings is 1. The first-order chi connectivity index (χ1) is 7.95. The molecule has 0 aliphatic rings. The van der Waals surface area contributed by atoms with Crippen molar-refractivity contribution in [3.8, 4) is 5.75 Å². The van der Waals surface area contributed by atoms with Crippen molar-refractivity contribution >= 4 is 15.9 Å². The van der Waals surface area contributed by atoms with Gasteiger partial charge in [0.15, 0.2) is 0 Å². The molecule has 17 heavy (non-hydrogen) atoms. The molecule has 0 spiro atoms. The summed E-state index contributed by atoms with van der Waals surface area (Å²) >= 11 is 3.41. The number of hydrogen-bond acceptors (Lipinski definition) is 3. The number of aliphatic hydroxyl groups excluding tert-OH is 1. The summed E-state index contributed by atoms with van der Waals surface area (Å²) in [4.78, 5) is 0. The van der Waals surface area contributed by atoms with E-state index in [2.05, 4.69) is 35.1 Å². The van der Waals surface area contributed by atoms with E-state index in [0.29, 0.717) is 11.8 Å². The molecule has 1 aromatic carbocycles. The average Bonchev–Trinajstić information content (AvgIpc) is 2.27. The standard InChI is InChI=1S/C13H20BrNO2/c1-8(2)15-9(3)13(16)11-7-10(14)5-6-12(11)17-4/h5-9,13,15-16H,1-4H3. The van der Waals surface area contributed by atoms with Crippen molar-refractivity contribution in [2.24, 2.45) is 0 Å². The molecular weight excluding hydrogens is 282 g/mol. The molecule has 0 amide bonds. The van der Waals surface area contributed by atoms with Crippen molar-refractivity contribution in [1.29, 1.82) is 0 Å². The summed E-state index contributed by atoms with van der Waals surface area (Å²) in [6.45, 7) is 6.08. The van der Waals surface area contributed by atoms with Crippen molar-refractivity contribution < 1.29 is 9.84 Å². The summed E-state index contributed by atoms with van der Waals surface area (Å²) in [6, 6.07) is 5.94. The molecule has 1 rings (SSSR count). The van der Waals surface area contributed by atoms with Crippen molar-refractivity contribution in [2.45, 2.75) is 39.0 Å². The summed E-state index contributed by atoms with van der Waals surface area (Å²) in [6.07, 6.45) is -0.593. The second-order valence-corrected chi connectivity index (χ2v) is 5.36. The first kappa shape index (κ1) is 14.5. The Morgan fingerprint density at radius 3 is 2.47 bits per heavy atom. The number of rotatable bonds is 5. The van der Waals surface area contributed by atoms with Crippen LogP contribution >= 0.6 is 15.9 Å². The van der Waals surface area contributed by atoms with Gasteiger partial charge in [0.1, 0.15) is 5.75 Å². The Hall–Kier alpha value is -0.580. The van der Waals surface area contributed by atoms with Gasteiger partial charge in [-0.1, -0.05) is 29.8 Å². The van der Waals surface area contributed by atoms with Crippen LogP contribution in [0.3, 0.4) is 0 Å². The van der Waals surface area contributed by atoms with E-state index in [1.54, 1.807) is 7.11 Å². The second-order valence-electron chi connectivity index (χ2n) is 4.44. The molecule has 0 bridgehead atoms. The van der Waals surface area contributed by atoms with Crippen LogP contribution in [-0.4, -0.2) is 24.3 Å². The number of nitrogens with one attached hydrogen (secondary N) is 1. The highest BCUT2D eigenvalue weighted by molar-refractivity contribution is 9.10. The smallest absolute Gasteiger partial charge is 0.124 e. The molecule has 2 unspecified atom stereocenters. The zero-order valence-electron chi connectivity index (χ0n) is 10.7. The van der Waals surface area contributed by atoms with Gasteiger partial charge in [-0.2, -0.15) is 0 Å². The van der Waals surface area contributed by atoms with Crippen LogP contribution < -0.4 is 10.1 Å². The third-order valence-corrected chi connectivity index (χ3v) is 3.07. The molecule has 3 nitrogen and oxygen atoms in total. The Morgan fingerprint density at radius 1 is 1.29 bits per heavy atom. The number of hydrogen-bond donors (Lipinski definition) is 2. The minimum absolute atomic E-state index is 0.0294. The van der Waals surface area contributed by atoms with Gasteiger partial charge in [0, 0.05) is 22.1 Å². The fraction of sp³-hybridized carbons (Fsp3) is 0.538. The highest BCUT2D eigenvalue weighted by atomic mass is 79.9. The third-order valence-electron chi connectivity index (χ3n) is 2.58. The minimum Gasteiger partial charge on any atom is -0.496 e. The third kappa shape index (κ3) is 3.98. The van der Waals surface area contributed by atoms with E-state index in [-0.39, 0.29) is 6.04 Å². The van der Waals surface area contributed by atoms with Crippen LogP contribution in [0.1, 0.15) is 32.4 Å². The molecule has 2 N–H and O–H groups in total. The van der Waals surface area contributed by atoms with Crippen molar-refractivity contribution in [3.63, 3.8) is 0 Å². The highest BCUT2D eigenvalue weighted by Crippen LogP contribution is 2.30. The Labute approximate surface area is 111 Å². The second kappa shape index (κ2) is 6.38. The summed E-state index contributed by atoms with van der Waals surface area (Å²) in [5.41, 5.74) is 0.794. The van der Waals surface area contributed by atoms with Gasteiger partial charge in [-0.05, 0) is 25.1 Å². The molecule has 1 aromatic rings. The zero-order valence-corrected chi connectivity index (χ0v) is 12.3. The molecule has 0 saturated heterocycles. The fourth-order valence-corrected chi connectivity index (χ4v) is 2.20. The molecule has 0 radical (unpaired) electrons. The van der Waals surface area contributed by atoms with Crippen LogP contribution in [0.15, 0.2) is 22.7 Å². The van der Waals surface area contributed by atoms with E-state index in [1.807, 2.05) is 25.1 Å². The van der Waals surface area contributed by atoms with E-state index < -0.39 is 6.10 Å². The van der Waals surface area contributed by atoms with Gasteiger partial charge < -0.3 is 15.2 Å². The van der Waals surface area contributed by atoms with E-state index in [0.717, 1.165) is 10.0 Å². The van der Waals surface area contributed by atoms with Gasteiger partial charge in [-0.3, -0.25) is 0 Å². The number of aliphatic hydroxyl groups is 1. The van der Waals surface area contributed by atoms with Crippen LogP contribution in [0, 0.1) is 0 Å². The maximum atomic E-state index is 10.3. The van der Waals surface area contributed by atoms with Gasteiger partial charge in [-0.15, -0.1) is 0 Å². The van der Waals surface area contributed by atoms with Gasteiger partial charge >= 0.3 is 0 Å². The maximum Gasteiger partial charge on any atom is 0.124 e. The summed E-state index contributed by atoms with van der Waals surface area (Å²) in [7, 11) is 1.61. The quantitative estimate of drug-likeness (QED) is 0.879. The molecule has 0 heterocycles. The largest absolute Gasteiger partial charge is 0.496 e. The molecule has 2 atom stereocenters. The monoisotopic (exact) mass is 301 g/mol. The zero-order chi connectivity index (χ0) is 13.0. The van der Waals surface area contributed by atoms with Crippen LogP contribution in [0.2, 0.25) is 0 Å². The van der Waals surface area contributed by atoms with E-state index in [9.17, 15) is 5.11 Å². The van der Waals surface area contributed by atoms with Crippen LogP contribution in [-0.2, 0) is 0 Å². The molecular formula is C13H20BrNO2. The number of methoxy groups -OCH3 is 1. The summed E-state index contributed by atoms with van der Waals surface area (Å²) in [5, 5.41) is 13.6. The van der Waals surface area contributed by atoms with Crippen LogP contribution in [0.5, 0.6) is 5.75 Å². The van der Waals surface area contributed by atoms with Crippen LogP contribution in [0.25, 0.3) is 0 Å². The van der Waals surface area contributed by atoms with Gasteiger partial charge in [0.2, 0.25) is 0 Å². The van der Waals surface area contributed by atoms with Crippen molar-refractivity contribution in [1.82, 2.24) is 5.32 Å². The summed E-state index contributed by atoms with van der Waals surface area (Å²) < 4.78 is 6.20. The minimum atomic E-state index is -0.593. The number of halogens is 1. The van der Waals surface area contributed by atoms with E-state index in [4.69, 9.17) is 4.74 Å². The molecule has 0 aromatic heterocycles. The first-order valence-corrected chi connectivity index (χ1v) is 6.52. The van der Waals surface area contributed by atoms with E-state index >= 15 is 0 Å². The van der Waals surface area contributed by atoms with Gasteiger partial charge in [0.25, 0.3) is 0 Å². The normalized spacial score (nSPS) is 14.8. The Morgan fingerprint density at radius 2 is 1.94 bits per heavy atom. The lowest BCUT2D eigenvalue weighted by atomic mass is 10.0. The predicted octanol–water partition coefficient (Wildman–Crippen LogP) is 2.88. The highest BCUT2D eigenvalue weighted by Gasteiger charge is 2.20.